The van der Waals surface area contributed by atoms with E-state index in [1.54, 1.807) is 0 Å². The zero-order valence-electron chi connectivity index (χ0n) is 32.3. The molecule has 0 atom stereocenters. The summed E-state index contributed by atoms with van der Waals surface area (Å²) in [6, 6.07) is 69.0. The summed E-state index contributed by atoms with van der Waals surface area (Å²) in [5.74, 6) is 1.89. The van der Waals surface area contributed by atoms with Crippen LogP contribution in [-0.2, 0) is 5.41 Å². The number of aromatic nitrogens is 4. The topological polar surface area (TPSA) is 43.6 Å². The third-order valence-electron chi connectivity index (χ3n) is 11.8. The molecule has 58 heavy (non-hydrogen) atoms. The smallest absolute Gasteiger partial charge is 0.164 e. The van der Waals surface area contributed by atoms with Crippen LogP contribution in [0.15, 0.2) is 194 Å². The molecule has 0 radical (unpaired) electrons. The molecule has 0 saturated carbocycles. The molecule has 0 aliphatic heterocycles. The lowest BCUT2D eigenvalue weighted by Gasteiger charge is -2.23. The number of nitrogens with zero attached hydrogens (tertiary/aromatic N) is 4. The van der Waals surface area contributed by atoms with Crippen molar-refractivity contribution in [3.8, 4) is 73.2 Å². The molecule has 0 unspecified atom stereocenters. The van der Waals surface area contributed by atoms with Gasteiger partial charge < -0.3 is 4.57 Å². The van der Waals surface area contributed by atoms with E-state index in [-0.39, 0.29) is 5.41 Å². The van der Waals surface area contributed by atoms with Gasteiger partial charge in [-0.1, -0.05) is 190 Å². The van der Waals surface area contributed by atoms with Gasteiger partial charge in [0.15, 0.2) is 17.5 Å². The van der Waals surface area contributed by atoms with Crippen molar-refractivity contribution >= 4 is 21.8 Å². The zero-order valence-corrected chi connectivity index (χ0v) is 32.3. The predicted molar refractivity (Wildman–Crippen MR) is 239 cm³/mol. The Morgan fingerprint density at radius 2 is 0.845 bits per heavy atom. The van der Waals surface area contributed by atoms with Crippen LogP contribution in [0.1, 0.15) is 25.0 Å². The van der Waals surface area contributed by atoms with E-state index in [1.165, 1.54) is 38.5 Å². The van der Waals surface area contributed by atoms with Crippen molar-refractivity contribution in [3.63, 3.8) is 0 Å². The Labute approximate surface area is 337 Å². The summed E-state index contributed by atoms with van der Waals surface area (Å²) >= 11 is 0. The van der Waals surface area contributed by atoms with Crippen LogP contribution in [0.3, 0.4) is 0 Å². The normalized spacial score (nSPS) is 12.8. The van der Waals surface area contributed by atoms with E-state index in [0.717, 1.165) is 50.1 Å². The SMILES string of the molecule is CC1(C)c2ccccc2-c2c1ccc1c3ccccc3n(-c3c(-c4ccccc4)cc(-c4nc(-c5ccccc5)nc(-c5ccccc5)n4)cc3-c3ccccc3)c21. The van der Waals surface area contributed by atoms with Crippen LogP contribution < -0.4 is 0 Å². The second-order valence-corrected chi connectivity index (χ2v) is 15.6. The van der Waals surface area contributed by atoms with Gasteiger partial charge in [-0.2, -0.15) is 0 Å². The minimum atomic E-state index is -0.151. The number of rotatable bonds is 6. The molecule has 0 fully saturated rings. The van der Waals surface area contributed by atoms with Crippen LogP contribution in [0.5, 0.6) is 0 Å². The second-order valence-electron chi connectivity index (χ2n) is 15.6. The third-order valence-corrected chi connectivity index (χ3v) is 11.8. The predicted octanol–water partition coefficient (Wildman–Crippen LogP) is 13.6. The van der Waals surface area contributed by atoms with Crippen LogP contribution in [0, 0.1) is 0 Å². The highest BCUT2D eigenvalue weighted by Gasteiger charge is 2.38. The molecule has 8 aromatic carbocycles. The molecule has 0 N–H and O–H groups in total. The fourth-order valence-electron chi connectivity index (χ4n) is 9.09. The molecule has 0 bridgehead atoms. The zero-order chi connectivity index (χ0) is 38.8. The van der Waals surface area contributed by atoms with Crippen LogP contribution in [0.25, 0.3) is 95.0 Å². The summed E-state index contributed by atoms with van der Waals surface area (Å²) in [5.41, 5.74) is 15.8. The van der Waals surface area contributed by atoms with Gasteiger partial charge in [-0.25, -0.2) is 15.0 Å². The van der Waals surface area contributed by atoms with Gasteiger partial charge in [0.25, 0.3) is 0 Å². The maximum absolute atomic E-state index is 5.22. The van der Waals surface area contributed by atoms with Gasteiger partial charge in [-0.3, -0.25) is 0 Å². The molecule has 1 aliphatic rings. The van der Waals surface area contributed by atoms with Crippen LogP contribution in [0.4, 0.5) is 0 Å². The Morgan fingerprint density at radius 1 is 0.379 bits per heavy atom. The van der Waals surface area contributed by atoms with Gasteiger partial charge in [0.1, 0.15) is 0 Å². The highest BCUT2D eigenvalue weighted by molar-refractivity contribution is 6.16. The Hall–Kier alpha value is -7.43. The van der Waals surface area contributed by atoms with E-state index in [2.05, 4.69) is 176 Å². The molecule has 0 amide bonds. The number of hydrogen-bond acceptors (Lipinski definition) is 3. The van der Waals surface area contributed by atoms with E-state index in [9.17, 15) is 0 Å². The summed E-state index contributed by atoms with van der Waals surface area (Å²) in [6.07, 6.45) is 0. The van der Waals surface area contributed by atoms with Gasteiger partial charge >= 0.3 is 0 Å². The summed E-state index contributed by atoms with van der Waals surface area (Å²) < 4.78 is 2.55. The molecule has 2 heterocycles. The van der Waals surface area contributed by atoms with Crippen molar-refractivity contribution in [2.24, 2.45) is 0 Å². The standard InChI is InChI=1S/C54H38N4/c1-54(2)45-29-17-15-28-42(45)48-46(54)32-31-41-40-27-16-18-30-47(40)58(50(41)48)49-43(35-19-7-3-8-20-35)33-39(34-44(49)36-21-9-4-10-22-36)53-56-51(37-23-11-5-12-24-37)55-52(57-53)38-25-13-6-14-26-38/h3-34H,1-2H3. The Kier molecular flexibility index (Phi) is 7.80. The number of para-hydroxylation sites is 1. The summed E-state index contributed by atoms with van der Waals surface area (Å²) in [5, 5.41) is 2.46. The maximum Gasteiger partial charge on any atom is 0.164 e. The Morgan fingerprint density at radius 3 is 1.41 bits per heavy atom. The van der Waals surface area contributed by atoms with Gasteiger partial charge in [0.2, 0.25) is 0 Å². The largest absolute Gasteiger partial charge is 0.307 e. The molecule has 4 nitrogen and oxygen atoms in total. The Bertz CT molecular complexity index is 3050. The Balaban J connectivity index is 1.29. The molecule has 274 valence electrons. The molecular weight excluding hydrogens is 705 g/mol. The lowest BCUT2D eigenvalue weighted by Crippen LogP contribution is -2.14. The van der Waals surface area contributed by atoms with Crippen molar-refractivity contribution in [3.05, 3.63) is 205 Å². The first-order valence-corrected chi connectivity index (χ1v) is 19.9. The summed E-state index contributed by atoms with van der Waals surface area (Å²) in [7, 11) is 0. The maximum atomic E-state index is 5.22. The van der Waals surface area contributed by atoms with Gasteiger partial charge in [0, 0.05) is 49.6 Å². The highest BCUT2D eigenvalue weighted by atomic mass is 15.0. The molecule has 2 aromatic heterocycles. The summed E-state index contributed by atoms with van der Waals surface area (Å²) in [6.45, 7) is 4.72. The minimum absolute atomic E-state index is 0.151. The average Bonchev–Trinajstić information content (AvgIpc) is 3.75. The van der Waals surface area contributed by atoms with Crippen molar-refractivity contribution < 1.29 is 0 Å². The van der Waals surface area contributed by atoms with Crippen LogP contribution >= 0.6 is 0 Å². The monoisotopic (exact) mass is 742 g/mol. The number of hydrogen-bond donors (Lipinski definition) is 0. The average molecular weight is 743 g/mol. The van der Waals surface area contributed by atoms with E-state index in [0.29, 0.717) is 17.5 Å². The minimum Gasteiger partial charge on any atom is -0.307 e. The van der Waals surface area contributed by atoms with E-state index >= 15 is 0 Å². The first-order chi connectivity index (χ1) is 28.5. The molecule has 11 rings (SSSR count). The lowest BCUT2D eigenvalue weighted by atomic mass is 9.82. The van der Waals surface area contributed by atoms with Crippen molar-refractivity contribution in [2.75, 3.05) is 0 Å². The second kappa shape index (κ2) is 13.4. The van der Waals surface area contributed by atoms with Crippen LogP contribution in [0.2, 0.25) is 0 Å². The van der Waals surface area contributed by atoms with Gasteiger partial charge in [-0.15, -0.1) is 0 Å². The van der Waals surface area contributed by atoms with Crippen molar-refractivity contribution in [1.82, 2.24) is 19.5 Å². The van der Waals surface area contributed by atoms with E-state index < -0.39 is 0 Å². The van der Waals surface area contributed by atoms with Gasteiger partial charge in [-0.05, 0) is 46.0 Å². The molecule has 1 aliphatic carbocycles. The van der Waals surface area contributed by atoms with Crippen molar-refractivity contribution in [1.29, 1.82) is 0 Å². The molecular formula is C54H38N4. The molecule has 10 aromatic rings. The summed E-state index contributed by atoms with van der Waals surface area (Å²) in [4.78, 5) is 15.5. The lowest BCUT2D eigenvalue weighted by molar-refractivity contribution is 0.661. The fourth-order valence-corrected chi connectivity index (χ4v) is 9.09. The first kappa shape index (κ1) is 33.9. The van der Waals surface area contributed by atoms with E-state index in [1.807, 2.05) is 36.4 Å². The molecule has 0 spiro atoms. The van der Waals surface area contributed by atoms with Crippen molar-refractivity contribution in [2.45, 2.75) is 19.3 Å². The highest BCUT2D eigenvalue weighted by Crippen LogP contribution is 2.54. The third kappa shape index (κ3) is 5.33. The first-order valence-electron chi connectivity index (χ1n) is 19.9. The van der Waals surface area contributed by atoms with E-state index in [4.69, 9.17) is 15.0 Å². The molecule has 4 heteroatoms. The quantitative estimate of drug-likeness (QED) is 0.170. The fraction of sp³-hybridized carbons (Fsp3) is 0.0556. The van der Waals surface area contributed by atoms with Crippen LogP contribution in [-0.4, -0.2) is 19.5 Å². The number of fused-ring (bicyclic) bond motifs is 7. The van der Waals surface area contributed by atoms with Gasteiger partial charge in [0.05, 0.1) is 16.7 Å². The number of benzene rings is 8. The molecule has 0 saturated heterocycles.